The first-order chi connectivity index (χ1) is 12.7. The lowest BCUT2D eigenvalue weighted by atomic mass is 10.3. The van der Waals surface area contributed by atoms with Crippen LogP contribution in [0.1, 0.15) is 10.5 Å². The summed E-state index contributed by atoms with van der Waals surface area (Å²) in [4.78, 5) is 12.3. The van der Waals surface area contributed by atoms with E-state index in [1.807, 2.05) is 12.1 Å². The van der Waals surface area contributed by atoms with Crippen LogP contribution in [0.4, 0.5) is 5.69 Å². The van der Waals surface area contributed by atoms with Crippen molar-refractivity contribution in [1.29, 1.82) is 0 Å². The molecule has 0 aliphatic rings. The van der Waals surface area contributed by atoms with E-state index in [2.05, 4.69) is 10.4 Å². The van der Waals surface area contributed by atoms with E-state index in [0.29, 0.717) is 22.9 Å². The molecular weight excluding hydrogens is 334 g/mol. The molecule has 3 aromatic rings. The second-order valence-electron chi connectivity index (χ2n) is 5.38. The molecule has 0 spiro atoms. The summed E-state index contributed by atoms with van der Waals surface area (Å²) in [5.41, 5.74) is 0.935. The molecular formula is C19H19N3O4. The Kier molecular flexibility index (Phi) is 5.38. The molecule has 3 rings (SSSR count). The molecule has 7 nitrogen and oxygen atoms in total. The van der Waals surface area contributed by atoms with Gasteiger partial charge in [-0.15, -0.1) is 0 Å². The summed E-state index contributed by atoms with van der Waals surface area (Å²) >= 11 is 0. The van der Waals surface area contributed by atoms with Crippen LogP contribution in [0.3, 0.4) is 0 Å². The molecule has 134 valence electrons. The SMILES string of the molecule is COc1ccc(OCn2ccc(C(=O)Nc3cccc(OC)c3)n2)cc1. The summed E-state index contributed by atoms with van der Waals surface area (Å²) in [6.45, 7) is 0.193. The molecule has 0 aliphatic heterocycles. The Morgan fingerprint density at radius 2 is 1.73 bits per heavy atom. The molecule has 1 aromatic heterocycles. The van der Waals surface area contributed by atoms with Gasteiger partial charge in [0.05, 0.1) is 14.2 Å². The van der Waals surface area contributed by atoms with Gasteiger partial charge in [0.25, 0.3) is 5.91 Å². The lowest BCUT2D eigenvalue weighted by Crippen LogP contribution is -2.14. The van der Waals surface area contributed by atoms with E-state index < -0.39 is 0 Å². The lowest BCUT2D eigenvalue weighted by molar-refractivity contribution is 0.102. The first kappa shape index (κ1) is 17.3. The summed E-state index contributed by atoms with van der Waals surface area (Å²) in [7, 11) is 3.18. The van der Waals surface area contributed by atoms with Crippen LogP contribution < -0.4 is 19.5 Å². The number of amides is 1. The topological polar surface area (TPSA) is 74.6 Å². The van der Waals surface area contributed by atoms with Gasteiger partial charge < -0.3 is 19.5 Å². The van der Waals surface area contributed by atoms with E-state index >= 15 is 0 Å². The number of rotatable bonds is 7. The highest BCUT2D eigenvalue weighted by Crippen LogP contribution is 2.18. The van der Waals surface area contributed by atoms with Crippen molar-refractivity contribution >= 4 is 11.6 Å². The van der Waals surface area contributed by atoms with E-state index in [1.165, 1.54) is 0 Å². The zero-order valence-corrected chi connectivity index (χ0v) is 14.5. The fraction of sp³-hybridized carbons (Fsp3) is 0.158. The van der Waals surface area contributed by atoms with Crippen molar-refractivity contribution in [3.8, 4) is 17.2 Å². The van der Waals surface area contributed by atoms with Gasteiger partial charge in [0.2, 0.25) is 0 Å². The maximum atomic E-state index is 12.3. The average Bonchev–Trinajstić information content (AvgIpc) is 3.16. The maximum Gasteiger partial charge on any atom is 0.276 e. The fourth-order valence-electron chi connectivity index (χ4n) is 2.26. The average molecular weight is 353 g/mol. The van der Waals surface area contributed by atoms with E-state index in [-0.39, 0.29) is 12.6 Å². The number of benzene rings is 2. The van der Waals surface area contributed by atoms with Gasteiger partial charge >= 0.3 is 0 Å². The number of anilines is 1. The Morgan fingerprint density at radius 1 is 1.00 bits per heavy atom. The van der Waals surface area contributed by atoms with Gasteiger partial charge in [-0.05, 0) is 42.5 Å². The maximum absolute atomic E-state index is 12.3. The van der Waals surface area contributed by atoms with Crippen molar-refractivity contribution in [2.75, 3.05) is 19.5 Å². The van der Waals surface area contributed by atoms with Crippen LogP contribution in [-0.4, -0.2) is 29.9 Å². The molecule has 0 radical (unpaired) electrons. The van der Waals surface area contributed by atoms with Crippen LogP contribution in [0.25, 0.3) is 0 Å². The number of hydrogen-bond donors (Lipinski definition) is 1. The predicted octanol–water partition coefficient (Wildman–Crippen LogP) is 3.19. The smallest absolute Gasteiger partial charge is 0.276 e. The minimum absolute atomic E-state index is 0.193. The molecule has 26 heavy (non-hydrogen) atoms. The summed E-state index contributed by atoms with van der Waals surface area (Å²) in [5, 5.41) is 7.00. The molecule has 0 unspecified atom stereocenters. The number of methoxy groups -OCH3 is 2. The molecule has 0 aliphatic carbocycles. The van der Waals surface area contributed by atoms with Crippen LogP contribution in [0.5, 0.6) is 17.2 Å². The molecule has 0 bridgehead atoms. The largest absolute Gasteiger partial charge is 0.497 e. The highest BCUT2D eigenvalue weighted by Gasteiger charge is 2.10. The molecule has 1 heterocycles. The third kappa shape index (κ3) is 4.32. The lowest BCUT2D eigenvalue weighted by Gasteiger charge is -2.07. The predicted molar refractivity (Wildman–Crippen MR) is 96.8 cm³/mol. The fourth-order valence-corrected chi connectivity index (χ4v) is 2.26. The normalized spacial score (nSPS) is 10.2. The Labute approximate surface area is 151 Å². The van der Waals surface area contributed by atoms with Gasteiger partial charge in [-0.1, -0.05) is 6.07 Å². The quantitative estimate of drug-likeness (QED) is 0.706. The van der Waals surface area contributed by atoms with Gasteiger partial charge in [-0.25, -0.2) is 4.68 Å². The molecule has 7 heteroatoms. The standard InChI is InChI=1S/C19H19N3O4/c1-24-15-6-8-16(9-7-15)26-13-22-11-10-18(21-22)19(23)20-14-4-3-5-17(12-14)25-2/h3-12H,13H2,1-2H3,(H,20,23). The Morgan fingerprint density at radius 3 is 2.46 bits per heavy atom. The summed E-state index contributed by atoms with van der Waals surface area (Å²) in [6, 6.07) is 16.0. The number of hydrogen-bond acceptors (Lipinski definition) is 5. The first-order valence-corrected chi connectivity index (χ1v) is 7.93. The van der Waals surface area contributed by atoms with Crippen LogP contribution in [0.2, 0.25) is 0 Å². The second kappa shape index (κ2) is 8.06. The number of ether oxygens (including phenoxy) is 3. The summed E-state index contributed by atoms with van der Waals surface area (Å²) < 4.78 is 17.4. The van der Waals surface area contributed by atoms with Crippen molar-refractivity contribution in [2.45, 2.75) is 6.73 Å². The van der Waals surface area contributed by atoms with E-state index in [9.17, 15) is 4.79 Å². The molecule has 0 atom stereocenters. The molecule has 2 aromatic carbocycles. The third-order valence-corrected chi connectivity index (χ3v) is 3.62. The number of nitrogens with zero attached hydrogens (tertiary/aromatic N) is 2. The van der Waals surface area contributed by atoms with Crippen molar-refractivity contribution in [1.82, 2.24) is 9.78 Å². The van der Waals surface area contributed by atoms with Crippen molar-refractivity contribution < 1.29 is 19.0 Å². The zero-order valence-electron chi connectivity index (χ0n) is 14.5. The van der Waals surface area contributed by atoms with Crippen LogP contribution in [0, 0.1) is 0 Å². The van der Waals surface area contributed by atoms with Crippen LogP contribution in [0.15, 0.2) is 60.8 Å². The molecule has 0 fully saturated rings. The van der Waals surface area contributed by atoms with Gasteiger partial charge in [-0.3, -0.25) is 4.79 Å². The number of nitrogens with one attached hydrogen (secondary N) is 1. The Bertz CT molecular complexity index is 875. The highest BCUT2D eigenvalue weighted by molar-refractivity contribution is 6.02. The minimum atomic E-state index is -0.304. The third-order valence-electron chi connectivity index (χ3n) is 3.62. The first-order valence-electron chi connectivity index (χ1n) is 7.93. The monoisotopic (exact) mass is 353 g/mol. The van der Waals surface area contributed by atoms with E-state index in [0.717, 1.165) is 5.75 Å². The van der Waals surface area contributed by atoms with Crippen LogP contribution >= 0.6 is 0 Å². The molecule has 0 saturated carbocycles. The van der Waals surface area contributed by atoms with E-state index in [1.54, 1.807) is 67.6 Å². The second-order valence-corrected chi connectivity index (χ2v) is 5.38. The molecule has 1 amide bonds. The number of aromatic nitrogens is 2. The zero-order chi connectivity index (χ0) is 18.4. The molecule has 1 N–H and O–H groups in total. The van der Waals surface area contributed by atoms with E-state index in [4.69, 9.17) is 14.2 Å². The van der Waals surface area contributed by atoms with Crippen molar-refractivity contribution in [3.05, 3.63) is 66.5 Å². The highest BCUT2D eigenvalue weighted by atomic mass is 16.5. The summed E-state index contributed by atoms with van der Waals surface area (Å²) in [5.74, 6) is 1.80. The summed E-state index contributed by atoms with van der Waals surface area (Å²) in [6.07, 6.45) is 1.68. The van der Waals surface area contributed by atoms with Gasteiger partial charge in [0.1, 0.15) is 17.2 Å². The minimum Gasteiger partial charge on any atom is -0.497 e. The Hall–Kier alpha value is -3.48. The van der Waals surface area contributed by atoms with Gasteiger partial charge in [0, 0.05) is 18.0 Å². The van der Waals surface area contributed by atoms with Crippen molar-refractivity contribution in [2.24, 2.45) is 0 Å². The van der Waals surface area contributed by atoms with Gasteiger partial charge in [-0.2, -0.15) is 5.10 Å². The van der Waals surface area contributed by atoms with Crippen molar-refractivity contribution in [3.63, 3.8) is 0 Å². The number of carbonyl (C=O) groups excluding carboxylic acids is 1. The number of carbonyl (C=O) groups is 1. The molecule has 0 saturated heterocycles. The van der Waals surface area contributed by atoms with Crippen LogP contribution in [-0.2, 0) is 6.73 Å². The Balaban J connectivity index is 1.58. The van der Waals surface area contributed by atoms with Gasteiger partial charge in [0.15, 0.2) is 12.4 Å².